The number of hydrogen-bond donors (Lipinski definition) is 1. The molecule has 0 spiro atoms. The molecule has 1 heterocycles. The van der Waals surface area contributed by atoms with Crippen molar-refractivity contribution >= 4 is 17.4 Å². The van der Waals surface area contributed by atoms with E-state index in [4.69, 9.17) is 4.74 Å². The molecule has 1 unspecified atom stereocenters. The van der Waals surface area contributed by atoms with Gasteiger partial charge in [-0.05, 0) is 65.4 Å². The number of amides is 1. The van der Waals surface area contributed by atoms with Crippen molar-refractivity contribution in [2.75, 3.05) is 6.61 Å². The topological polar surface area (TPSA) is 66.8 Å². The van der Waals surface area contributed by atoms with Crippen molar-refractivity contribution in [3.8, 4) is 5.75 Å². The number of carbonyl (C=O) groups is 2. The monoisotopic (exact) mass is 487 g/mol. The number of ketones is 1. The summed E-state index contributed by atoms with van der Waals surface area (Å²) in [5, 5.41) is 11.1. The number of likely N-dealkylation sites (tertiary alicyclic amines) is 1. The van der Waals surface area contributed by atoms with Crippen LogP contribution >= 0.6 is 0 Å². The fourth-order valence-electron chi connectivity index (χ4n) is 4.37. The van der Waals surface area contributed by atoms with Crippen molar-refractivity contribution in [1.29, 1.82) is 0 Å². The second kappa shape index (κ2) is 9.97. The van der Waals surface area contributed by atoms with E-state index in [0.29, 0.717) is 17.9 Å². The van der Waals surface area contributed by atoms with E-state index < -0.39 is 23.5 Å². The molecule has 6 heteroatoms. The minimum Gasteiger partial charge on any atom is -0.507 e. The SMILES string of the molecule is CCOc1ccc(CN2C(=O)C(=O)/C(=C(\O)c3ccc(F)cc3)C2c2ccc(C(C)(C)C)cc2)cc1. The van der Waals surface area contributed by atoms with Gasteiger partial charge in [0.15, 0.2) is 0 Å². The predicted molar refractivity (Wildman–Crippen MR) is 137 cm³/mol. The van der Waals surface area contributed by atoms with Crippen molar-refractivity contribution in [2.45, 2.75) is 45.7 Å². The highest BCUT2D eigenvalue weighted by molar-refractivity contribution is 6.46. The first kappa shape index (κ1) is 25.2. The molecule has 5 nitrogen and oxygen atoms in total. The molecule has 3 aromatic rings. The zero-order valence-corrected chi connectivity index (χ0v) is 20.9. The first-order chi connectivity index (χ1) is 17.1. The van der Waals surface area contributed by atoms with Gasteiger partial charge in [-0.3, -0.25) is 9.59 Å². The van der Waals surface area contributed by atoms with Crippen molar-refractivity contribution < 1.29 is 23.8 Å². The molecule has 4 rings (SSSR count). The van der Waals surface area contributed by atoms with Gasteiger partial charge in [-0.15, -0.1) is 0 Å². The number of hydrogen-bond acceptors (Lipinski definition) is 4. The largest absolute Gasteiger partial charge is 0.507 e. The van der Waals surface area contributed by atoms with E-state index in [-0.39, 0.29) is 28.9 Å². The molecule has 0 saturated carbocycles. The summed E-state index contributed by atoms with van der Waals surface area (Å²) in [5.74, 6) is -1.54. The summed E-state index contributed by atoms with van der Waals surface area (Å²) in [6, 6.07) is 19.5. The van der Waals surface area contributed by atoms with E-state index in [0.717, 1.165) is 11.1 Å². The first-order valence-corrected chi connectivity index (χ1v) is 12.0. The summed E-state index contributed by atoms with van der Waals surface area (Å²) in [6.07, 6.45) is 0. The third-order valence-corrected chi connectivity index (χ3v) is 6.34. The number of benzene rings is 3. The molecule has 1 aliphatic heterocycles. The molecule has 0 radical (unpaired) electrons. The number of carbonyl (C=O) groups excluding carboxylic acids is 2. The Hall–Kier alpha value is -3.93. The summed E-state index contributed by atoms with van der Waals surface area (Å²) in [5.41, 5.74) is 2.81. The molecule has 0 aliphatic carbocycles. The van der Waals surface area contributed by atoms with Gasteiger partial charge in [0.05, 0.1) is 18.2 Å². The molecule has 0 aromatic heterocycles. The fourth-order valence-corrected chi connectivity index (χ4v) is 4.37. The van der Waals surface area contributed by atoms with Gasteiger partial charge >= 0.3 is 0 Å². The smallest absolute Gasteiger partial charge is 0.295 e. The fraction of sp³-hybridized carbons (Fsp3) is 0.267. The summed E-state index contributed by atoms with van der Waals surface area (Å²) < 4.78 is 19.0. The lowest BCUT2D eigenvalue weighted by Gasteiger charge is -2.26. The van der Waals surface area contributed by atoms with Crippen LogP contribution in [0.3, 0.4) is 0 Å². The number of nitrogens with zero attached hydrogens (tertiary/aromatic N) is 1. The van der Waals surface area contributed by atoms with Crippen molar-refractivity contribution in [2.24, 2.45) is 0 Å². The molecule has 1 saturated heterocycles. The van der Waals surface area contributed by atoms with Gasteiger partial charge in [0, 0.05) is 12.1 Å². The average Bonchev–Trinajstić information content (AvgIpc) is 3.10. The van der Waals surface area contributed by atoms with E-state index in [1.165, 1.54) is 29.2 Å². The standard InChI is InChI=1S/C30H30FNO4/c1-5-36-24-16-6-19(7-17-24)18-32-26(20-8-12-22(13-9-20)30(2,3)4)25(28(34)29(32)35)27(33)21-10-14-23(31)15-11-21/h6-17,26,33H,5,18H2,1-4H3/b27-25-. The summed E-state index contributed by atoms with van der Waals surface area (Å²) in [7, 11) is 0. The Morgan fingerprint density at radius 1 is 0.944 bits per heavy atom. The summed E-state index contributed by atoms with van der Waals surface area (Å²) in [4.78, 5) is 27.9. The van der Waals surface area contributed by atoms with Gasteiger partial charge in [-0.2, -0.15) is 0 Å². The van der Waals surface area contributed by atoms with Crippen LogP contribution in [0.4, 0.5) is 4.39 Å². The summed E-state index contributed by atoms with van der Waals surface area (Å²) in [6.45, 7) is 8.93. The molecule has 1 N–H and O–H groups in total. The lowest BCUT2D eigenvalue weighted by atomic mass is 9.85. The first-order valence-electron chi connectivity index (χ1n) is 12.0. The van der Waals surface area contributed by atoms with Crippen LogP contribution in [0.25, 0.3) is 5.76 Å². The van der Waals surface area contributed by atoms with E-state index in [1.807, 2.05) is 55.5 Å². The molecule has 186 valence electrons. The molecule has 36 heavy (non-hydrogen) atoms. The number of Topliss-reactive ketones (excluding diaryl/α,β-unsaturated/α-hetero) is 1. The van der Waals surface area contributed by atoms with Gasteiger partial charge in [0.2, 0.25) is 0 Å². The zero-order chi connectivity index (χ0) is 26.0. The highest BCUT2D eigenvalue weighted by Crippen LogP contribution is 2.41. The number of rotatable bonds is 6. The highest BCUT2D eigenvalue weighted by atomic mass is 19.1. The van der Waals surface area contributed by atoms with Gasteiger partial charge < -0.3 is 14.7 Å². The molecule has 3 aromatic carbocycles. The summed E-state index contributed by atoms with van der Waals surface area (Å²) >= 11 is 0. The highest BCUT2D eigenvalue weighted by Gasteiger charge is 2.46. The number of aliphatic hydroxyl groups is 1. The maximum atomic E-state index is 13.5. The van der Waals surface area contributed by atoms with Crippen LogP contribution < -0.4 is 4.74 Å². The number of ether oxygens (including phenoxy) is 1. The van der Waals surface area contributed by atoms with E-state index >= 15 is 0 Å². The normalized spacial score (nSPS) is 17.5. The van der Waals surface area contributed by atoms with Crippen LogP contribution in [0.1, 0.15) is 56.0 Å². The van der Waals surface area contributed by atoms with Crippen LogP contribution in [0.15, 0.2) is 78.4 Å². The van der Waals surface area contributed by atoms with Crippen molar-refractivity contribution in [1.82, 2.24) is 4.90 Å². The van der Waals surface area contributed by atoms with Gasteiger partial charge in [-0.25, -0.2) is 4.39 Å². The molecular weight excluding hydrogens is 457 g/mol. The molecule has 1 aliphatic rings. The van der Waals surface area contributed by atoms with Crippen LogP contribution in [0.2, 0.25) is 0 Å². The number of aliphatic hydroxyl groups excluding tert-OH is 1. The molecule has 1 atom stereocenters. The van der Waals surface area contributed by atoms with E-state index in [1.54, 1.807) is 0 Å². The van der Waals surface area contributed by atoms with Crippen LogP contribution in [0.5, 0.6) is 5.75 Å². The second-order valence-electron chi connectivity index (χ2n) is 9.88. The van der Waals surface area contributed by atoms with Gasteiger partial charge in [-0.1, -0.05) is 57.2 Å². The third-order valence-electron chi connectivity index (χ3n) is 6.34. The Kier molecular flexibility index (Phi) is 6.97. The van der Waals surface area contributed by atoms with Crippen molar-refractivity contribution in [3.05, 3.63) is 106 Å². The minimum absolute atomic E-state index is 0.0129. The zero-order valence-electron chi connectivity index (χ0n) is 20.9. The maximum absolute atomic E-state index is 13.5. The Labute approximate surface area is 210 Å². The second-order valence-corrected chi connectivity index (χ2v) is 9.88. The molecule has 1 amide bonds. The maximum Gasteiger partial charge on any atom is 0.295 e. The third kappa shape index (κ3) is 5.03. The Morgan fingerprint density at radius 3 is 2.11 bits per heavy atom. The van der Waals surface area contributed by atoms with Crippen molar-refractivity contribution in [3.63, 3.8) is 0 Å². The molecule has 0 bridgehead atoms. The lowest BCUT2D eigenvalue weighted by Crippen LogP contribution is -2.29. The lowest BCUT2D eigenvalue weighted by molar-refractivity contribution is -0.140. The van der Waals surface area contributed by atoms with Crippen LogP contribution in [0, 0.1) is 5.82 Å². The average molecular weight is 488 g/mol. The van der Waals surface area contributed by atoms with Gasteiger partial charge in [0.1, 0.15) is 17.3 Å². The molecule has 1 fully saturated rings. The quantitative estimate of drug-likeness (QED) is 0.258. The Bertz CT molecular complexity index is 1290. The van der Waals surface area contributed by atoms with Gasteiger partial charge in [0.25, 0.3) is 11.7 Å². The molecular formula is C30H30FNO4. The predicted octanol–water partition coefficient (Wildman–Crippen LogP) is 6.14. The minimum atomic E-state index is -0.796. The van der Waals surface area contributed by atoms with Crippen LogP contribution in [-0.4, -0.2) is 28.3 Å². The van der Waals surface area contributed by atoms with Crippen LogP contribution in [-0.2, 0) is 21.5 Å². The number of halogens is 1. The van der Waals surface area contributed by atoms with E-state index in [9.17, 15) is 19.1 Å². The van der Waals surface area contributed by atoms with E-state index in [2.05, 4.69) is 20.8 Å². The Balaban J connectivity index is 1.80. The Morgan fingerprint density at radius 2 is 1.56 bits per heavy atom.